The molecule has 0 radical (unpaired) electrons. The molecule has 1 fully saturated rings. The van der Waals surface area contributed by atoms with Gasteiger partial charge in [0.2, 0.25) is 21.8 Å². The van der Waals surface area contributed by atoms with Gasteiger partial charge in [-0.1, -0.05) is 0 Å². The maximum absolute atomic E-state index is 12.9. The second-order valence-corrected chi connectivity index (χ2v) is 9.88. The number of carbonyl (C=O) groups excluding carboxylic acids is 2. The number of benzene rings is 1. The first kappa shape index (κ1) is 22.3. The van der Waals surface area contributed by atoms with Crippen LogP contribution in [0.2, 0.25) is 0 Å². The van der Waals surface area contributed by atoms with E-state index in [2.05, 4.69) is 5.32 Å². The van der Waals surface area contributed by atoms with Gasteiger partial charge in [0.25, 0.3) is 0 Å². The average molecular weight is 458 g/mol. The standard InChI is InChI=1S/C23H27N3O5S/c27-22(10-7-19-6-4-16-31-19)24-12-11-23(28)26-15-3-5-18-17-20(8-9-21(18)26)32(29,30)25-13-1-2-14-25/h4,6-10,16-17H,1-3,5,11-15H2,(H,24,27)/b10-7+. The SMILES string of the molecule is O=C(/C=C/c1ccco1)NCCC(=O)N1CCCc2cc(S(=O)(=O)N3CCCC3)ccc21. The Kier molecular flexibility index (Phi) is 6.76. The van der Waals surface area contributed by atoms with Crippen molar-refractivity contribution < 1.29 is 22.4 Å². The summed E-state index contributed by atoms with van der Waals surface area (Å²) in [7, 11) is -3.49. The van der Waals surface area contributed by atoms with Crippen LogP contribution in [0, 0.1) is 0 Å². The lowest BCUT2D eigenvalue weighted by atomic mass is 10.0. The number of hydrogen-bond donors (Lipinski definition) is 1. The quantitative estimate of drug-likeness (QED) is 0.644. The van der Waals surface area contributed by atoms with E-state index in [4.69, 9.17) is 4.42 Å². The van der Waals surface area contributed by atoms with Gasteiger partial charge >= 0.3 is 0 Å². The van der Waals surface area contributed by atoms with Crippen molar-refractivity contribution >= 4 is 33.6 Å². The van der Waals surface area contributed by atoms with Crippen LogP contribution in [0.3, 0.4) is 0 Å². The van der Waals surface area contributed by atoms with Gasteiger partial charge in [-0.25, -0.2) is 8.42 Å². The number of rotatable bonds is 7. The maximum Gasteiger partial charge on any atom is 0.244 e. The van der Waals surface area contributed by atoms with Crippen LogP contribution in [0.4, 0.5) is 5.69 Å². The number of anilines is 1. The minimum atomic E-state index is -3.49. The highest BCUT2D eigenvalue weighted by Crippen LogP contribution is 2.31. The van der Waals surface area contributed by atoms with Crippen molar-refractivity contribution in [3.63, 3.8) is 0 Å². The summed E-state index contributed by atoms with van der Waals surface area (Å²) in [5.41, 5.74) is 1.63. The molecule has 0 aliphatic carbocycles. The number of aryl methyl sites for hydroxylation is 1. The van der Waals surface area contributed by atoms with Crippen LogP contribution in [0.1, 0.15) is 37.0 Å². The topological polar surface area (TPSA) is 99.9 Å². The third-order valence-corrected chi connectivity index (χ3v) is 7.65. The molecule has 2 aromatic rings. The summed E-state index contributed by atoms with van der Waals surface area (Å²) in [6.45, 7) is 1.92. The molecule has 2 aliphatic rings. The molecule has 0 unspecified atom stereocenters. The Labute approximate surface area is 187 Å². The molecule has 1 saturated heterocycles. The van der Waals surface area contributed by atoms with Crippen molar-refractivity contribution in [2.24, 2.45) is 0 Å². The molecule has 8 nitrogen and oxygen atoms in total. The Bertz CT molecular complexity index is 1100. The van der Waals surface area contributed by atoms with E-state index in [9.17, 15) is 18.0 Å². The van der Waals surface area contributed by atoms with E-state index in [0.717, 1.165) is 36.9 Å². The van der Waals surface area contributed by atoms with Gasteiger partial charge in [0.15, 0.2) is 0 Å². The lowest BCUT2D eigenvalue weighted by molar-refractivity contribution is -0.119. The van der Waals surface area contributed by atoms with Crippen LogP contribution in [0.5, 0.6) is 0 Å². The molecule has 0 spiro atoms. The van der Waals surface area contributed by atoms with Crippen LogP contribution >= 0.6 is 0 Å². The number of sulfonamides is 1. The van der Waals surface area contributed by atoms with Crippen molar-refractivity contribution in [1.82, 2.24) is 9.62 Å². The zero-order chi connectivity index (χ0) is 22.6. The van der Waals surface area contributed by atoms with Crippen LogP contribution in [0.15, 0.2) is 52.0 Å². The lowest BCUT2D eigenvalue weighted by Gasteiger charge is -2.30. The van der Waals surface area contributed by atoms with Crippen LogP contribution in [-0.4, -0.2) is 50.7 Å². The molecule has 2 aliphatic heterocycles. The minimum absolute atomic E-state index is 0.101. The van der Waals surface area contributed by atoms with Gasteiger partial charge < -0.3 is 14.6 Å². The fourth-order valence-electron chi connectivity index (χ4n) is 4.10. The van der Waals surface area contributed by atoms with Crippen molar-refractivity contribution in [2.75, 3.05) is 31.1 Å². The van der Waals surface area contributed by atoms with E-state index in [1.165, 1.54) is 16.6 Å². The smallest absolute Gasteiger partial charge is 0.244 e. The number of hydrogen-bond acceptors (Lipinski definition) is 5. The van der Waals surface area contributed by atoms with Gasteiger partial charge in [-0.2, -0.15) is 4.31 Å². The molecular weight excluding hydrogens is 430 g/mol. The molecule has 0 atom stereocenters. The zero-order valence-electron chi connectivity index (χ0n) is 17.8. The second-order valence-electron chi connectivity index (χ2n) is 7.94. The van der Waals surface area contributed by atoms with Gasteiger partial charge in [0.05, 0.1) is 11.2 Å². The Morgan fingerprint density at radius 1 is 1.09 bits per heavy atom. The fraction of sp³-hybridized carbons (Fsp3) is 0.391. The molecule has 1 N–H and O–H groups in total. The highest BCUT2D eigenvalue weighted by Gasteiger charge is 2.29. The summed E-state index contributed by atoms with van der Waals surface area (Å²) in [5.74, 6) is 0.175. The van der Waals surface area contributed by atoms with E-state index >= 15 is 0 Å². The summed E-state index contributed by atoms with van der Waals surface area (Å²) in [4.78, 5) is 26.7. The molecule has 9 heteroatoms. The summed E-state index contributed by atoms with van der Waals surface area (Å²) >= 11 is 0. The first-order valence-electron chi connectivity index (χ1n) is 10.9. The van der Waals surface area contributed by atoms with Crippen molar-refractivity contribution in [3.05, 3.63) is 54.0 Å². The third-order valence-electron chi connectivity index (χ3n) is 5.75. The maximum atomic E-state index is 12.9. The zero-order valence-corrected chi connectivity index (χ0v) is 18.6. The monoisotopic (exact) mass is 457 g/mol. The van der Waals surface area contributed by atoms with E-state index in [1.54, 1.807) is 41.3 Å². The van der Waals surface area contributed by atoms with Crippen molar-refractivity contribution in [1.29, 1.82) is 0 Å². The number of carbonyl (C=O) groups is 2. The summed E-state index contributed by atoms with van der Waals surface area (Å²) in [6.07, 6.45) is 7.89. The molecule has 3 heterocycles. The van der Waals surface area contributed by atoms with Crippen LogP contribution in [0.25, 0.3) is 6.08 Å². The normalized spacial score (nSPS) is 16.9. The van der Waals surface area contributed by atoms with Gasteiger partial charge in [-0.15, -0.1) is 0 Å². The predicted octanol–water partition coefficient (Wildman–Crippen LogP) is 2.56. The molecule has 4 rings (SSSR count). The summed E-state index contributed by atoms with van der Waals surface area (Å²) in [5, 5.41) is 2.70. The van der Waals surface area contributed by atoms with Gasteiger partial charge in [-0.3, -0.25) is 9.59 Å². The first-order chi connectivity index (χ1) is 15.4. The lowest BCUT2D eigenvalue weighted by Crippen LogP contribution is -2.37. The van der Waals surface area contributed by atoms with Crippen LogP contribution < -0.4 is 10.2 Å². The van der Waals surface area contributed by atoms with Gasteiger partial charge in [0, 0.05) is 44.4 Å². The molecule has 0 bridgehead atoms. The highest BCUT2D eigenvalue weighted by atomic mass is 32.2. The van der Waals surface area contributed by atoms with E-state index in [-0.39, 0.29) is 24.8 Å². The first-order valence-corrected chi connectivity index (χ1v) is 12.3. The highest BCUT2D eigenvalue weighted by molar-refractivity contribution is 7.89. The Hall–Kier alpha value is -2.91. The van der Waals surface area contributed by atoms with Crippen molar-refractivity contribution in [2.45, 2.75) is 37.0 Å². The Balaban J connectivity index is 1.37. The van der Waals surface area contributed by atoms with E-state index in [1.807, 2.05) is 0 Å². The minimum Gasteiger partial charge on any atom is -0.465 e. The van der Waals surface area contributed by atoms with Gasteiger partial charge in [-0.05, 0) is 67.7 Å². The largest absolute Gasteiger partial charge is 0.465 e. The van der Waals surface area contributed by atoms with Crippen LogP contribution in [-0.2, 0) is 26.0 Å². The molecule has 170 valence electrons. The Morgan fingerprint density at radius 2 is 1.91 bits per heavy atom. The number of fused-ring (bicyclic) bond motifs is 1. The number of nitrogens with one attached hydrogen (secondary N) is 1. The fourth-order valence-corrected chi connectivity index (χ4v) is 5.67. The van der Waals surface area contributed by atoms with Gasteiger partial charge in [0.1, 0.15) is 5.76 Å². The number of nitrogens with zero attached hydrogens (tertiary/aromatic N) is 2. The second kappa shape index (κ2) is 9.70. The molecular formula is C23H27N3O5S. The van der Waals surface area contributed by atoms with Crippen molar-refractivity contribution in [3.8, 4) is 0 Å². The van der Waals surface area contributed by atoms with E-state index in [0.29, 0.717) is 30.3 Å². The predicted molar refractivity (Wildman–Crippen MR) is 120 cm³/mol. The summed E-state index contributed by atoms with van der Waals surface area (Å²) < 4.78 is 32.4. The summed E-state index contributed by atoms with van der Waals surface area (Å²) in [6, 6.07) is 8.52. The molecule has 32 heavy (non-hydrogen) atoms. The number of furan rings is 1. The molecule has 1 aromatic carbocycles. The molecule has 2 amide bonds. The number of amides is 2. The Morgan fingerprint density at radius 3 is 2.66 bits per heavy atom. The molecule has 0 saturated carbocycles. The third kappa shape index (κ3) is 4.94. The molecule has 1 aromatic heterocycles. The average Bonchev–Trinajstić information content (AvgIpc) is 3.51. The van der Waals surface area contributed by atoms with E-state index < -0.39 is 10.0 Å².